The second-order valence-corrected chi connectivity index (χ2v) is 6.36. The molecule has 1 N–H and O–H groups in total. The summed E-state index contributed by atoms with van der Waals surface area (Å²) in [4.78, 5) is 5.55. The number of allylic oxidation sites excluding steroid dienone is 6. The first kappa shape index (κ1) is 16.0. The van der Waals surface area contributed by atoms with Gasteiger partial charge < -0.3 is 5.11 Å². The Kier molecular flexibility index (Phi) is 4.74. The molecule has 0 spiro atoms. The van der Waals surface area contributed by atoms with E-state index in [1.165, 1.54) is 17.4 Å². The highest BCUT2D eigenvalue weighted by Gasteiger charge is 2.26. The standard InChI is InChI=1S/C16H19F2NOS/c1-10(9-20)14-11(2)19-15(21-14)12-5-4-6-13(8-7-12)16(3,17)18/h5-8,10,20H,4,9H2,1-3H3. The van der Waals surface area contributed by atoms with E-state index in [0.717, 1.165) is 28.1 Å². The number of halogens is 2. The van der Waals surface area contributed by atoms with Crippen LogP contribution in [0.3, 0.4) is 0 Å². The highest BCUT2D eigenvalue weighted by molar-refractivity contribution is 7.13. The van der Waals surface area contributed by atoms with Crippen molar-refractivity contribution in [2.75, 3.05) is 6.61 Å². The van der Waals surface area contributed by atoms with E-state index in [1.54, 1.807) is 12.2 Å². The molecule has 0 amide bonds. The van der Waals surface area contributed by atoms with Crippen molar-refractivity contribution in [1.82, 2.24) is 4.98 Å². The summed E-state index contributed by atoms with van der Waals surface area (Å²) in [6.07, 6.45) is 7.07. The molecule has 0 bridgehead atoms. The second kappa shape index (κ2) is 6.20. The maximum Gasteiger partial charge on any atom is 0.270 e. The summed E-state index contributed by atoms with van der Waals surface area (Å²) in [5.41, 5.74) is 1.78. The predicted molar refractivity (Wildman–Crippen MR) is 82.8 cm³/mol. The van der Waals surface area contributed by atoms with E-state index in [-0.39, 0.29) is 18.1 Å². The zero-order valence-electron chi connectivity index (χ0n) is 12.4. The molecule has 5 heteroatoms. The second-order valence-electron chi connectivity index (χ2n) is 5.33. The molecular weight excluding hydrogens is 292 g/mol. The van der Waals surface area contributed by atoms with Crippen molar-refractivity contribution in [3.05, 3.63) is 45.5 Å². The van der Waals surface area contributed by atoms with Crippen LogP contribution < -0.4 is 0 Å². The highest BCUT2D eigenvalue weighted by atomic mass is 32.1. The van der Waals surface area contributed by atoms with Crippen molar-refractivity contribution in [1.29, 1.82) is 0 Å². The number of alkyl halides is 2. The first-order valence-corrected chi connectivity index (χ1v) is 7.69. The largest absolute Gasteiger partial charge is 0.396 e. The molecule has 0 radical (unpaired) electrons. The number of hydrogen-bond donors (Lipinski definition) is 1. The van der Waals surface area contributed by atoms with Crippen molar-refractivity contribution >= 4 is 16.9 Å². The van der Waals surface area contributed by atoms with Crippen LogP contribution in [0.25, 0.3) is 5.57 Å². The van der Waals surface area contributed by atoms with E-state index in [4.69, 9.17) is 0 Å². The van der Waals surface area contributed by atoms with Gasteiger partial charge >= 0.3 is 0 Å². The molecule has 1 heterocycles. The molecule has 1 aromatic rings. The Morgan fingerprint density at radius 3 is 2.71 bits per heavy atom. The smallest absolute Gasteiger partial charge is 0.270 e. The van der Waals surface area contributed by atoms with Crippen LogP contribution in [-0.4, -0.2) is 22.6 Å². The molecule has 1 aliphatic rings. The third kappa shape index (κ3) is 3.66. The SMILES string of the molecule is Cc1nc(C2=CCC=C(C(C)(F)F)C=C2)sc1C(C)CO. The van der Waals surface area contributed by atoms with E-state index in [0.29, 0.717) is 6.42 Å². The first-order chi connectivity index (χ1) is 9.82. The Hall–Kier alpha value is -1.33. The lowest BCUT2D eigenvalue weighted by Crippen LogP contribution is -2.11. The monoisotopic (exact) mass is 311 g/mol. The molecule has 0 aliphatic heterocycles. The zero-order chi connectivity index (χ0) is 15.6. The quantitative estimate of drug-likeness (QED) is 0.890. The van der Waals surface area contributed by atoms with Gasteiger partial charge in [-0.1, -0.05) is 31.2 Å². The minimum atomic E-state index is -2.82. The number of rotatable bonds is 4. The van der Waals surface area contributed by atoms with Crippen LogP contribution in [0.1, 0.15) is 41.8 Å². The maximum atomic E-state index is 13.4. The van der Waals surface area contributed by atoms with Crippen LogP contribution in [0.2, 0.25) is 0 Å². The lowest BCUT2D eigenvalue weighted by atomic mass is 10.1. The molecule has 1 aromatic heterocycles. The Balaban J connectivity index is 2.27. The summed E-state index contributed by atoms with van der Waals surface area (Å²) < 4.78 is 26.7. The van der Waals surface area contributed by atoms with Gasteiger partial charge in [0.15, 0.2) is 0 Å². The van der Waals surface area contributed by atoms with Crippen LogP contribution in [0.5, 0.6) is 0 Å². The molecule has 114 valence electrons. The molecule has 1 atom stereocenters. The van der Waals surface area contributed by atoms with Crippen molar-refractivity contribution in [2.24, 2.45) is 0 Å². The van der Waals surface area contributed by atoms with Gasteiger partial charge in [-0.25, -0.2) is 13.8 Å². The van der Waals surface area contributed by atoms with Gasteiger partial charge in [0, 0.05) is 28.9 Å². The Morgan fingerprint density at radius 1 is 1.38 bits per heavy atom. The Morgan fingerprint density at radius 2 is 2.10 bits per heavy atom. The van der Waals surface area contributed by atoms with E-state index >= 15 is 0 Å². The van der Waals surface area contributed by atoms with Gasteiger partial charge in [0.2, 0.25) is 0 Å². The Labute approximate surface area is 127 Å². The van der Waals surface area contributed by atoms with Crippen molar-refractivity contribution < 1.29 is 13.9 Å². The van der Waals surface area contributed by atoms with Crippen molar-refractivity contribution in [2.45, 2.75) is 39.0 Å². The van der Waals surface area contributed by atoms with Crippen LogP contribution in [0.15, 0.2) is 29.9 Å². The van der Waals surface area contributed by atoms with Gasteiger partial charge in [-0.3, -0.25) is 0 Å². The number of hydrogen-bond acceptors (Lipinski definition) is 3. The van der Waals surface area contributed by atoms with Gasteiger partial charge in [-0.2, -0.15) is 0 Å². The summed E-state index contributed by atoms with van der Waals surface area (Å²) >= 11 is 1.52. The minimum Gasteiger partial charge on any atom is -0.396 e. The highest BCUT2D eigenvalue weighted by Crippen LogP contribution is 2.33. The van der Waals surface area contributed by atoms with Gasteiger partial charge in [0.25, 0.3) is 5.92 Å². The molecular formula is C16H19F2NOS. The number of aliphatic hydroxyl groups excluding tert-OH is 1. The molecule has 0 saturated heterocycles. The number of aromatic nitrogens is 1. The van der Waals surface area contributed by atoms with Crippen LogP contribution in [-0.2, 0) is 0 Å². The van der Waals surface area contributed by atoms with Crippen LogP contribution >= 0.6 is 11.3 Å². The van der Waals surface area contributed by atoms with Gasteiger partial charge in [-0.05, 0) is 13.3 Å². The van der Waals surface area contributed by atoms with Crippen LogP contribution in [0, 0.1) is 6.92 Å². The fraction of sp³-hybridized carbons (Fsp3) is 0.438. The molecule has 1 aliphatic carbocycles. The van der Waals surface area contributed by atoms with Crippen molar-refractivity contribution in [3.63, 3.8) is 0 Å². The van der Waals surface area contributed by atoms with Gasteiger partial charge in [-0.15, -0.1) is 11.3 Å². The number of nitrogens with zero attached hydrogens (tertiary/aromatic N) is 1. The van der Waals surface area contributed by atoms with Crippen LogP contribution in [0.4, 0.5) is 8.78 Å². The maximum absolute atomic E-state index is 13.4. The molecule has 2 rings (SSSR count). The molecule has 21 heavy (non-hydrogen) atoms. The third-order valence-electron chi connectivity index (χ3n) is 3.43. The number of aryl methyl sites for hydroxylation is 1. The summed E-state index contributed by atoms with van der Waals surface area (Å²) in [7, 11) is 0. The van der Waals surface area contributed by atoms with Gasteiger partial charge in [0.1, 0.15) is 5.01 Å². The molecule has 1 unspecified atom stereocenters. The summed E-state index contributed by atoms with van der Waals surface area (Å²) in [5.74, 6) is -2.78. The zero-order valence-corrected chi connectivity index (χ0v) is 13.2. The third-order valence-corrected chi connectivity index (χ3v) is 4.86. The van der Waals surface area contributed by atoms with E-state index < -0.39 is 5.92 Å². The fourth-order valence-corrected chi connectivity index (χ4v) is 3.31. The Bertz CT molecular complexity index is 608. The molecule has 0 saturated carbocycles. The normalized spacial score (nSPS) is 17.2. The average molecular weight is 311 g/mol. The van der Waals surface area contributed by atoms with Crippen molar-refractivity contribution in [3.8, 4) is 0 Å². The van der Waals surface area contributed by atoms with E-state index in [9.17, 15) is 13.9 Å². The summed E-state index contributed by atoms with van der Waals surface area (Å²) in [6.45, 7) is 4.83. The first-order valence-electron chi connectivity index (χ1n) is 6.88. The predicted octanol–water partition coefficient (Wildman–Crippen LogP) is 4.47. The molecule has 0 fully saturated rings. The summed E-state index contributed by atoms with van der Waals surface area (Å²) in [6, 6.07) is 0. The lowest BCUT2D eigenvalue weighted by Gasteiger charge is -2.10. The van der Waals surface area contributed by atoms with E-state index in [1.807, 2.05) is 19.9 Å². The number of aliphatic hydroxyl groups is 1. The van der Waals surface area contributed by atoms with Gasteiger partial charge in [0.05, 0.1) is 12.3 Å². The number of thiazole rings is 1. The fourth-order valence-electron chi connectivity index (χ4n) is 2.18. The summed E-state index contributed by atoms with van der Waals surface area (Å²) in [5, 5.41) is 10.1. The molecule has 2 nitrogen and oxygen atoms in total. The lowest BCUT2D eigenvalue weighted by molar-refractivity contribution is 0.0672. The molecule has 0 aromatic carbocycles. The average Bonchev–Trinajstić information content (AvgIpc) is 2.65. The minimum absolute atomic E-state index is 0.0333. The van der Waals surface area contributed by atoms with E-state index in [2.05, 4.69) is 4.98 Å². The topological polar surface area (TPSA) is 33.1 Å².